The highest BCUT2D eigenvalue weighted by Gasteiger charge is 2.43. The first-order chi connectivity index (χ1) is 5.31. The molecule has 0 aromatic heterocycles. The molecule has 1 aliphatic carbocycles. The van der Waals surface area contributed by atoms with Crippen LogP contribution >= 0.6 is 11.8 Å². The van der Waals surface area contributed by atoms with Crippen LogP contribution in [0.4, 0.5) is 0 Å². The van der Waals surface area contributed by atoms with E-state index in [1.165, 1.54) is 0 Å². The molecule has 64 valence electrons. The maximum absolute atomic E-state index is 9.95. The van der Waals surface area contributed by atoms with Crippen molar-refractivity contribution in [2.24, 2.45) is 0 Å². The molecule has 2 unspecified atom stereocenters. The van der Waals surface area contributed by atoms with Crippen LogP contribution in [-0.4, -0.2) is 28.5 Å². The molecule has 1 saturated carbocycles. The molecule has 2 nitrogen and oxygen atoms in total. The third-order valence-corrected chi connectivity index (χ3v) is 3.99. The van der Waals surface area contributed by atoms with Crippen molar-refractivity contribution in [2.75, 3.05) is 12.4 Å². The summed E-state index contributed by atoms with van der Waals surface area (Å²) in [5.74, 6) is 0.383. The van der Waals surface area contributed by atoms with E-state index in [-0.39, 0.29) is 0 Å². The van der Waals surface area contributed by atoms with E-state index < -0.39 is 5.79 Å². The molecule has 0 aromatic carbocycles. The molecule has 0 bridgehead atoms. The van der Waals surface area contributed by atoms with Crippen molar-refractivity contribution in [3.8, 4) is 0 Å². The fourth-order valence-electron chi connectivity index (χ4n) is 1.84. The molecular weight excluding hydrogens is 160 g/mol. The second kappa shape index (κ2) is 2.96. The summed E-state index contributed by atoms with van der Waals surface area (Å²) >= 11 is 1.88. The summed E-state index contributed by atoms with van der Waals surface area (Å²) in [6.45, 7) is 0.736. The van der Waals surface area contributed by atoms with Crippen LogP contribution < -0.4 is 0 Å². The van der Waals surface area contributed by atoms with E-state index in [1.54, 1.807) is 0 Å². The minimum atomic E-state index is -0.763. The lowest BCUT2D eigenvalue weighted by Gasteiger charge is -2.26. The smallest absolute Gasteiger partial charge is 0.177 e. The molecule has 2 fully saturated rings. The van der Waals surface area contributed by atoms with Crippen molar-refractivity contribution in [3.63, 3.8) is 0 Å². The van der Waals surface area contributed by atoms with Gasteiger partial charge in [0.1, 0.15) is 0 Å². The van der Waals surface area contributed by atoms with Crippen molar-refractivity contribution in [3.05, 3.63) is 0 Å². The number of thioether (sulfide) groups is 1. The first kappa shape index (κ1) is 7.90. The molecule has 1 N–H and O–H groups in total. The summed E-state index contributed by atoms with van der Waals surface area (Å²) < 4.78 is 5.45. The Labute approximate surface area is 71.3 Å². The van der Waals surface area contributed by atoms with Crippen LogP contribution in [0.3, 0.4) is 0 Å². The summed E-state index contributed by atoms with van der Waals surface area (Å²) in [6.07, 6.45) is 4.17. The van der Waals surface area contributed by atoms with Gasteiger partial charge in [-0.25, -0.2) is 0 Å². The van der Waals surface area contributed by atoms with E-state index in [4.69, 9.17) is 4.74 Å². The van der Waals surface area contributed by atoms with Crippen LogP contribution in [0, 0.1) is 0 Å². The second-order valence-corrected chi connectivity index (χ2v) is 4.61. The van der Waals surface area contributed by atoms with E-state index in [1.807, 2.05) is 11.8 Å². The van der Waals surface area contributed by atoms with Crippen LogP contribution in [0.1, 0.15) is 25.7 Å². The molecule has 0 amide bonds. The SMILES string of the molecule is OC12CCCC1SCCCO2. The van der Waals surface area contributed by atoms with Crippen molar-refractivity contribution in [1.82, 2.24) is 0 Å². The highest BCUT2D eigenvalue weighted by molar-refractivity contribution is 8.00. The van der Waals surface area contributed by atoms with Crippen LogP contribution in [0.5, 0.6) is 0 Å². The van der Waals surface area contributed by atoms with Crippen molar-refractivity contribution in [2.45, 2.75) is 36.7 Å². The Balaban J connectivity index is 2.09. The fraction of sp³-hybridized carbons (Fsp3) is 1.00. The van der Waals surface area contributed by atoms with Crippen molar-refractivity contribution in [1.29, 1.82) is 0 Å². The van der Waals surface area contributed by atoms with Gasteiger partial charge in [-0.05, 0) is 25.0 Å². The van der Waals surface area contributed by atoms with Gasteiger partial charge in [0.15, 0.2) is 5.79 Å². The molecular formula is C8H14O2S. The molecule has 2 atom stereocenters. The first-order valence-electron chi connectivity index (χ1n) is 4.29. The molecule has 2 rings (SSSR count). The largest absolute Gasteiger partial charge is 0.365 e. The number of aliphatic hydroxyl groups is 1. The van der Waals surface area contributed by atoms with Gasteiger partial charge in [0.2, 0.25) is 0 Å². The van der Waals surface area contributed by atoms with Crippen LogP contribution in [-0.2, 0) is 4.74 Å². The van der Waals surface area contributed by atoms with Gasteiger partial charge in [0, 0.05) is 6.42 Å². The normalized spacial score (nSPS) is 45.0. The quantitative estimate of drug-likeness (QED) is 0.601. The van der Waals surface area contributed by atoms with Gasteiger partial charge >= 0.3 is 0 Å². The van der Waals surface area contributed by atoms with E-state index >= 15 is 0 Å². The number of hydrogen-bond donors (Lipinski definition) is 1. The van der Waals surface area contributed by atoms with Gasteiger partial charge in [-0.3, -0.25) is 0 Å². The predicted molar refractivity (Wildman–Crippen MR) is 45.6 cm³/mol. The molecule has 1 heterocycles. The Bertz CT molecular complexity index is 151. The van der Waals surface area contributed by atoms with Gasteiger partial charge < -0.3 is 9.84 Å². The predicted octanol–water partition coefficient (Wildman–Crippen LogP) is 1.38. The Kier molecular flexibility index (Phi) is 2.12. The topological polar surface area (TPSA) is 29.5 Å². The van der Waals surface area contributed by atoms with Gasteiger partial charge in [0.25, 0.3) is 0 Å². The van der Waals surface area contributed by atoms with Gasteiger partial charge in [-0.15, -0.1) is 0 Å². The highest BCUT2D eigenvalue weighted by Crippen LogP contribution is 2.41. The lowest BCUT2D eigenvalue weighted by atomic mass is 10.2. The summed E-state index contributed by atoms with van der Waals surface area (Å²) in [7, 11) is 0. The van der Waals surface area contributed by atoms with Gasteiger partial charge in [-0.2, -0.15) is 11.8 Å². The zero-order valence-corrected chi connectivity index (χ0v) is 7.40. The fourth-order valence-corrected chi connectivity index (χ4v) is 3.19. The third-order valence-electron chi connectivity index (χ3n) is 2.46. The van der Waals surface area contributed by atoms with Gasteiger partial charge in [-0.1, -0.05) is 0 Å². The van der Waals surface area contributed by atoms with Crippen LogP contribution in [0.2, 0.25) is 0 Å². The number of hydrogen-bond acceptors (Lipinski definition) is 3. The van der Waals surface area contributed by atoms with Crippen LogP contribution in [0.15, 0.2) is 0 Å². The first-order valence-corrected chi connectivity index (χ1v) is 5.34. The molecule has 2 aliphatic rings. The lowest BCUT2D eigenvalue weighted by Crippen LogP contribution is -2.37. The molecule has 0 aromatic rings. The minimum absolute atomic E-state index is 0.352. The lowest BCUT2D eigenvalue weighted by molar-refractivity contribution is -0.191. The average molecular weight is 174 g/mol. The summed E-state index contributed by atoms with van der Waals surface area (Å²) in [5.41, 5.74) is 0. The van der Waals surface area contributed by atoms with Gasteiger partial charge in [0.05, 0.1) is 11.9 Å². The van der Waals surface area contributed by atoms with Crippen molar-refractivity contribution < 1.29 is 9.84 Å². The molecule has 11 heavy (non-hydrogen) atoms. The summed E-state index contributed by atoms with van der Waals surface area (Å²) in [6, 6.07) is 0. The van der Waals surface area contributed by atoms with E-state index in [2.05, 4.69) is 0 Å². The number of fused-ring (bicyclic) bond motifs is 1. The van der Waals surface area contributed by atoms with Crippen LogP contribution in [0.25, 0.3) is 0 Å². The Morgan fingerprint density at radius 3 is 3.27 bits per heavy atom. The average Bonchev–Trinajstić information content (AvgIpc) is 2.24. The molecule has 0 radical (unpaired) electrons. The minimum Gasteiger partial charge on any atom is -0.365 e. The molecule has 0 spiro atoms. The molecule has 1 aliphatic heterocycles. The zero-order valence-electron chi connectivity index (χ0n) is 6.58. The van der Waals surface area contributed by atoms with E-state index in [9.17, 15) is 5.11 Å². The maximum Gasteiger partial charge on any atom is 0.177 e. The third kappa shape index (κ3) is 1.42. The summed E-state index contributed by atoms with van der Waals surface area (Å²) in [4.78, 5) is 0. The molecule has 1 saturated heterocycles. The Hall–Kier alpha value is 0.270. The maximum atomic E-state index is 9.95. The Morgan fingerprint density at radius 1 is 1.45 bits per heavy atom. The standard InChI is InChI=1S/C8H14O2S/c9-8-4-1-3-7(8)11-6-2-5-10-8/h7,9H,1-6H2. The number of ether oxygens (including phenoxy) is 1. The highest BCUT2D eigenvalue weighted by atomic mass is 32.2. The number of rotatable bonds is 0. The second-order valence-electron chi connectivity index (χ2n) is 3.30. The summed E-state index contributed by atoms with van der Waals surface area (Å²) in [5, 5.41) is 10.3. The Morgan fingerprint density at radius 2 is 2.36 bits per heavy atom. The molecule has 3 heteroatoms. The zero-order chi connectivity index (χ0) is 7.73. The van der Waals surface area contributed by atoms with Crippen molar-refractivity contribution >= 4 is 11.8 Å². The van der Waals surface area contributed by atoms with E-state index in [0.29, 0.717) is 5.25 Å². The monoisotopic (exact) mass is 174 g/mol. The van der Waals surface area contributed by atoms with E-state index in [0.717, 1.165) is 38.0 Å².